The molecule has 7 heteroatoms. The Bertz CT molecular complexity index is 1510. The second-order valence-corrected chi connectivity index (χ2v) is 11.0. The van der Waals surface area contributed by atoms with Crippen LogP contribution < -0.4 is 9.47 Å². The normalized spacial score (nSPS) is 15.2. The Hall–Kier alpha value is -3.81. The van der Waals surface area contributed by atoms with E-state index in [1.165, 1.54) is 11.8 Å². The molecule has 1 fully saturated rings. The molecule has 40 heavy (non-hydrogen) atoms. The average Bonchev–Trinajstić information content (AvgIpc) is 3.26. The molecule has 0 spiro atoms. The van der Waals surface area contributed by atoms with Gasteiger partial charge in [-0.3, -0.25) is 14.7 Å². The fourth-order valence-corrected chi connectivity index (χ4v) is 5.78. The monoisotopic (exact) mass is 612 g/mol. The minimum absolute atomic E-state index is 0.0702. The number of hydrogen-bond donors (Lipinski definition) is 0. The molecule has 0 bridgehead atoms. The van der Waals surface area contributed by atoms with Gasteiger partial charge in [-0.05, 0) is 75.1 Å². The Morgan fingerprint density at radius 3 is 2.12 bits per heavy atom. The number of aliphatic imine (C=N–C) groups is 1. The van der Waals surface area contributed by atoms with Gasteiger partial charge in [-0.25, -0.2) is 0 Å². The highest BCUT2D eigenvalue weighted by Gasteiger charge is 2.33. The summed E-state index contributed by atoms with van der Waals surface area (Å²) in [5, 5.41) is 0.691. The van der Waals surface area contributed by atoms with Crippen molar-refractivity contribution in [1.29, 1.82) is 0 Å². The molecule has 0 radical (unpaired) electrons. The van der Waals surface area contributed by atoms with Gasteiger partial charge in [0.25, 0.3) is 5.91 Å². The second kappa shape index (κ2) is 13.5. The number of carbonyl (C=O) groups is 1. The van der Waals surface area contributed by atoms with E-state index in [1.54, 1.807) is 4.90 Å². The van der Waals surface area contributed by atoms with Crippen molar-refractivity contribution < 1.29 is 14.3 Å². The molecule has 1 saturated heterocycles. The molecule has 0 saturated carbocycles. The Morgan fingerprint density at radius 2 is 1.48 bits per heavy atom. The Morgan fingerprint density at radius 1 is 0.850 bits per heavy atom. The van der Waals surface area contributed by atoms with Gasteiger partial charge in [0.1, 0.15) is 6.61 Å². The van der Waals surface area contributed by atoms with E-state index in [9.17, 15) is 4.79 Å². The minimum atomic E-state index is -0.0702. The largest absolute Gasteiger partial charge is 0.490 e. The van der Waals surface area contributed by atoms with Gasteiger partial charge in [0, 0.05) is 0 Å². The molecule has 4 aromatic rings. The lowest BCUT2D eigenvalue weighted by molar-refractivity contribution is -0.122. The summed E-state index contributed by atoms with van der Waals surface area (Å²) in [4.78, 5) is 20.8. The second-order valence-electron chi connectivity index (χ2n) is 9.11. The number of carbonyl (C=O) groups excluding carboxylic acids is 1. The first-order valence-corrected chi connectivity index (χ1v) is 14.7. The van der Waals surface area contributed by atoms with Crippen LogP contribution in [0.15, 0.2) is 117 Å². The van der Waals surface area contributed by atoms with Crippen molar-refractivity contribution in [2.75, 3.05) is 6.61 Å². The van der Waals surface area contributed by atoms with Gasteiger partial charge in [-0.15, -0.1) is 0 Å². The van der Waals surface area contributed by atoms with Crippen molar-refractivity contribution >= 4 is 44.8 Å². The summed E-state index contributed by atoms with van der Waals surface area (Å²) in [6.07, 6.45) is 1.89. The molecule has 0 unspecified atom stereocenters. The van der Waals surface area contributed by atoms with Crippen molar-refractivity contribution in [2.45, 2.75) is 26.6 Å². The van der Waals surface area contributed by atoms with Crippen LogP contribution in [0.3, 0.4) is 0 Å². The maximum Gasteiger partial charge on any atom is 0.267 e. The first kappa shape index (κ1) is 27.7. The minimum Gasteiger partial charge on any atom is -0.490 e. The summed E-state index contributed by atoms with van der Waals surface area (Å²) >= 11 is 5.06. The molecule has 4 aromatic carbocycles. The summed E-state index contributed by atoms with van der Waals surface area (Å²) in [5.74, 6) is 1.18. The molecular weight excluding hydrogens is 584 g/mol. The summed E-state index contributed by atoms with van der Waals surface area (Å²) in [5.41, 5.74) is 4.04. The van der Waals surface area contributed by atoms with E-state index in [4.69, 9.17) is 14.5 Å². The zero-order valence-electron chi connectivity index (χ0n) is 22.1. The third-order valence-corrected chi connectivity index (χ3v) is 7.80. The van der Waals surface area contributed by atoms with Gasteiger partial charge in [0.2, 0.25) is 0 Å². The molecule has 0 N–H and O–H groups in total. The molecule has 0 atom stereocenters. The number of benzene rings is 4. The third-order valence-electron chi connectivity index (χ3n) is 6.17. The van der Waals surface area contributed by atoms with Crippen molar-refractivity contribution in [3.63, 3.8) is 0 Å². The van der Waals surface area contributed by atoms with Crippen LogP contribution in [0.25, 0.3) is 6.08 Å². The number of nitrogens with zero attached hydrogens (tertiary/aromatic N) is 2. The zero-order valence-corrected chi connectivity index (χ0v) is 24.5. The standard InChI is InChI=1S/C33H29BrN2O3S/c1-2-38-29-19-27(18-28(34)31(29)39-23-26-16-10-5-11-17-26)20-30-32(37)36(22-25-14-8-4-9-15-25)33(40-30)35-21-24-12-6-3-7-13-24/h3-20H,2,21-23H2,1H3/b30-20-,35-33?. The van der Waals surface area contributed by atoms with Crippen LogP contribution in [-0.4, -0.2) is 22.6 Å². The Kier molecular flexibility index (Phi) is 9.37. The maximum atomic E-state index is 13.6. The number of ether oxygens (including phenoxy) is 2. The lowest BCUT2D eigenvalue weighted by Gasteiger charge is -2.16. The number of halogens is 1. The van der Waals surface area contributed by atoms with Crippen molar-refractivity contribution in [1.82, 2.24) is 4.90 Å². The third kappa shape index (κ3) is 7.03. The SMILES string of the molecule is CCOc1cc(/C=C2\SC(=NCc3ccccc3)N(Cc3ccccc3)C2=O)cc(Br)c1OCc1ccccc1. The molecule has 1 heterocycles. The van der Waals surface area contributed by atoms with Crippen LogP contribution in [0.4, 0.5) is 0 Å². The van der Waals surface area contributed by atoms with Gasteiger partial charge in [0.15, 0.2) is 16.7 Å². The highest BCUT2D eigenvalue weighted by atomic mass is 79.9. The van der Waals surface area contributed by atoms with E-state index in [0.29, 0.717) is 47.9 Å². The smallest absolute Gasteiger partial charge is 0.267 e. The summed E-state index contributed by atoms with van der Waals surface area (Å²) in [6, 6.07) is 33.9. The van der Waals surface area contributed by atoms with Gasteiger partial charge in [-0.1, -0.05) is 91.0 Å². The molecular formula is C33H29BrN2O3S. The zero-order chi connectivity index (χ0) is 27.7. The first-order valence-electron chi connectivity index (χ1n) is 13.1. The van der Waals surface area contributed by atoms with E-state index in [2.05, 4.69) is 15.9 Å². The van der Waals surface area contributed by atoms with E-state index >= 15 is 0 Å². The Balaban J connectivity index is 1.42. The van der Waals surface area contributed by atoms with Crippen molar-refractivity contribution in [3.05, 3.63) is 135 Å². The van der Waals surface area contributed by atoms with E-state index < -0.39 is 0 Å². The number of rotatable bonds is 10. The van der Waals surface area contributed by atoms with Crippen LogP contribution >= 0.6 is 27.7 Å². The lowest BCUT2D eigenvalue weighted by Crippen LogP contribution is -2.28. The van der Waals surface area contributed by atoms with Gasteiger partial charge in [-0.2, -0.15) is 0 Å². The van der Waals surface area contributed by atoms with Gasteiger partial charge in [0.05, 0.1) is 29.1 Å². The molecule has 5 nitrogen and oxygen atoms in total. The topological polar surface area (TPSA) is 51.1 Å². The predicted octanol–water partition coefficient (Wildman–Crippen LogP) is 8.10. The summed E-state index contributed by atoms with van der Waals surface area (Å²) in [7, 11) is 0. The molecule has 1 aliphatic heterocycles. The molecule has 1 aliphatic rings. The lowest BCUT2D eigenvalue weighted by atomic mass is 10.1. The molecule has 0 aromatic heterocycles. The average molecular weight is 614 g/mol. The molecule has 1 amide bonds. The molecule has 0 aliphatic carbocycles. The van der Waals surface area contributed by atoms with Gasteiger partial charge < -0.3 is 9.47 Å². The van der Waals surface area contributed by atoms with E-state index in [1.807, 2.05) is 116 Å². The van der Waals surface area contributed by atoms with Crippen LogP contribution in [0.1, 0.15) is 29.2 Å². The highest BCUT2D eigenvalue weighted by molar-refractivity contribution is 9.10. The fourth-order valence-electron chi connectivity index (χ4n) is 4.23. The number of hydrogen-bond acceptors (Lipinski definition) is 5. The van der Waals surface area contributed by atoms with Crippen molar-refractivity contribution in [3.8, 4) is 11.5 Å². The fraction of sp³-hybridized carbons (Fsp3) is 0.152. The molecule has 5 rings (SSSR count). The predicted molar refractivity (Wildman–Crippen MR) is 166 cm³/mol. The summed E-state index contributed by atoms with van der Waals surface area (Å²) in [6.45, 7) is 3.81. The summed E-state index contributed by atoms with van der Waals surface area (Å²) < 4.78 is 12.8. The number of amidine groups is 1. The molecule has 202 valence electrons. The Labute approximate surface area is 247 Å². The van der Waals surface area contributed by atoms with E-state index in [-0.39, 0.29) is 5.91 Å². The van der Waals surface area contributed by atoms with Crippen molar-refractivity contribution in [2.24, 2.45) is 4.99 Å². The number of amides is 1. The quantitative estimate of drug-likeness (QED) is 0.170. The van der Waals surface area contributed by atoms with Gasteiger partial charge >= 0.3 is 0 Å². The van der Waals surface area contributed by atoms with Crippen LogP contribution in [0.5, 0.6) is 11.5 Å². The van der Waals surface area contributed by atoms with Crippen LogP contribution in [0.2, 0.25) is 0 Å². The van der Waals surface area contributed by atoms with Crippen LogP contribution in [-0.2, 0) is 24.5 Å². The van der Waals surface area contributed by atoms with E-state index in [0.717, 1.165) is 26.7 Å². The van der Waals surface area contributed by atoms with Crippen LogP contribution in [0, 0.1) is 0 Å². The highest BCUT2D eigenvalue weighted by Crippen LogP contribution is 2.40. The number of thioether (sulfide) groups is 1. The maximum absolute atomic E-state index is 13.6. The first-order chi connectivity index (χ1) is 19.6.